The number of imidazole rings is 1. The number of carbonyl (C=O) groups excluding carboxylic acids is 1. The minimum Gasteiger partial charge on any atom is -0.497 e. The molecule has 0 fully saturated rings. The molecule has 2 aromatic heterocycles. The van der Waals surface area contributed by atoms with Crippen molar-refractivity contribution in [1.82, 2.24) is 19.9 Å². The Hall–Kier alpha value is -2.89. The molecule has 110 valence electrons. The molecule has 3 heterocycles. The van der Waals surface area contributed by atoms with Gasteiger partial charge in [0.25, 0.3) is 0 Å². The van der Waals surface area contributed by atoms with Crippen LogP contribution in [0.25, 0.3) is 11.0 Å². The fourth-order valence-electron chi connectivity index (χ4n) is 2.82. The summed E-state index contributed by atoms with van der Waals surface area (Å²) in [5, 5.41) is 2.98. The molecule has 0 radical (unpaired) electrons. The molecule has 0 spiro atoms. The number of benzene rings is 1. The first-order valence-corrected chi connectivity index (χ1v) is 7.02. The van der Waals surface area contributed by atoms with Crippen molar-refractivity contribution in [2.75, 3.05) is 7.11 Å². The van der Waals surface area contributed by atoms with Gasteiger partial charge in [0.15, 0.2) is 0 Å². The van der Waals surface area contributed by atoms with E-state index in [1.807, 2.05) is 24.3 Å². The van der Waals surface area contributed by atoms with Crippen LogP contribution in [0.5, 0.6) is 5.75 Å². The Balaban J connectivity index is 1.69. The third-order valence-electron chi connectivity index (χ3n) is 3.89. The predicted molar refractivity (Wildman–Crippen MR) is 80.9 cm³/mol. The summed E-state index contributed by atoms with van der Waals surface area (Å²) in [7, 11) is 1.64. The number of carbonyl (C=O) groups is 1. The van der Waals surface area contributed by atoms with Gasteiger partial charge in [-0.25, -0.2) is 14.3 Å². The second-order valence-electron chi connectivity index (χ2n) is 5.22. The van der Waals surface area contributed by atoms with Crippen LogP contribution in [0.15, 0.2) is 42.7 Å². The number of aromatic nitrogens is 3. The maximum Gasteiger partial charge on any atom is 0.328 e. The molecule has 1 amide bonds. The number of hydrogen-bond acceptors (Lipinski definition) is 4. The van der Waals surface area contributed by atoms with Gasteiger partial charge in [-0.1, -0.05) is 12.1 Å². The first kappa shape index (κ1) is 12.8. The lowest BCUT2D eigenvalue weighted by Crippen LogP contribution is -2.22. The Morgan fingerprint density at radius 2 is 2.09 bits per heavy atom. The van der Waals surface area contributed by atoms with Crippen molar-refractivity contribution in [2.45, 2.75) is 12.5 Å². The summed E-state index contributed by atoms with van der Waals surface area (Å²) in [6.45, 7) is 0. The average Bonchev–Trinajstić information content (AvgIpc) is 3.07. The van der Waals surface area contributed by atoms with Crippen LogP contribution in [0.4, 0.5) is 4.79 Å². The molecule has 4 rings (SSSR count). The molecule has 1 aliphatic heterocycles. The van der Waals surface area contributed by atoms with Gasteiger partial charge in [0, 0.05) is 6.20 Å². The molecule has 0 saturated carbocycles. The van der Waals surface area contributed by atoms with Crippen LogP contribution in [-0.4, -0.2) is 27.7 Å². The number of rotatable bonds is 3. The third kappa shape index (κ3) is 1.92. The fraction of sp³-hybridized carbons (Fsp3) is 0.188. The Bertz CT molecular complexity index is 854. The first-order valence-electron chi connectivity index (χ1n) is 7.02. The molecule has 22 heavy (non-hydrogen) atoms. The normalized spacial score (nSPS) is 16.6. The topological polar surface area (TPSA) is 69.0 Å². The summed E-state index contributed by atoms with van der Waals surface area (Å²) < 4.78 is 6.79. The van der Waals surface area contributed by atoms with Crippen molar-refractivity contribution in [3.8, 4) is 5.75 Å². The summed E-state index contributed by atoms with van der Waals surface area (Å²) >= 11 is 0. The summed E-state index contributed by atoms with van der Waals surface area (Å²) in [6.07, 6.45) is 4.03. The number of methoxy groups -OCH3 is 1. The second kappa shape index (κ2) is 4.84. The van der Waals surface area contributed by atoms with E-state index in [9.17, 15) is 4.79 Å². The van der Waals surface area contributed by atoms with Gasteiger partial charge in [-0.15, -0.1) is 0 Å². The third-order valence-corrected chi connectivity index (χ3v) is 3.89. The van der Waals surface area contributed by atoms with Crippen molar-refractivity contribution in [1.29, 1.82) is 0 Å². The number of ether oxygens (including phenoxy) is 1. The van der Waals surface area contributed by atoms with E-state index in [0.29, 0.717) is 6.42 Å². The van der Waals surface area contributed by atoms with E-state index in [-0.39, 0.29) is 12.1 Å². The molecular weight excluding hydrogens is 280 g/mol. The van der Waals surface area contributed by atoms with Crippen LogP contribution in [0.3, 0.4) is 0 Å². The van der Waals surface area contributed by atoms with E-state index >= 15 is 0 Å². The second-order valence-corrected chi connectivity index (χ2v) is 5.22. The van der Waals surface area contributed by atoms with Gasteiger partial charge in [-0.3, -0.25) is 4.98 Å². The van der Waals surface area contributed by atoms with Gasteiger partial charge in [0.1, 0.15) is 17.1 Å². The monoisotopic (exact) mass is 294 g/mol. The number of hydrogen-bond donors (Lipinski definition) is 1. The molecule has 6 heteroatoms. The van der Waals surface area contributed by atoms with Crippen molar-refractivity contribution in [2.24, 2.45) is 0 Å². The molecule has 0 unspecified atom stereocenters. The Morgan fingerprint density at radius 1 is 1.27 bits per heavy atom. The van der Waals surface area contributed by atoms with Gasteiger partial charge in [0.2, 0.25) is 0 Å². The molecule has 1 aliphatic rings. The van der Waals surface area contributed by atoms with Gasteiger partial charge in [0.05, 0.1) is 24.9 Å². The number of nitrogens with one attached hydrogen (secondary N) is 1. The smallest absolute Gasteiger partial charge is 0.328 e. The lowest BCUT2D eigenvalue weighted by Gasteiger charge is -2.09. The van der Waals surface area contributed by atoms with Crippen LogP contribution in [0, 0.1) is 0 Å². The van der Waals surface area contributed by atoms with E-state index in [1.54, 1.807) is 30.1 Å². The maximum absolute atomic E-state index is 12.2. The number of amides is 1. The van der Waals surface area contributed by atoms with Crippen LogP contribution in [-0.2, 0) is 6.42 Å². The number of nitrogens with zero attached hydrogens (tertiary/aromatic N) is 3. The molecule has 1 N–H and O–H groups in total. The zero-order valence-corrected chi connectivity index (χ0v) is 12.0. The zero-order chi connectivity index (χ0) is 15.1. The molecule has 1 aromatic carbocycles. The maximum atomic E-state index is 12.2. The zero-order valence-electron chi connectivity index (χ0n) is 12.0. The largest absolute Gasteiger partial charge is 0.497 e. The first-order chi connectivity index (χ1) is 10.8. The molecular formula is C16H14N4O2. The summed E-state index contributed by atoms with van der Waals surface area (Å²) in [5.41, 5.74) is 2.65. The van der Waals surface area contributed by atoms with Gasteiger partial charge < -0.3 is 10.1 Å². The van der Waals surface area contributed by atoms with E-state index in [2.05, 4.69) is 15.3 Å². The van der Waals surface area contributed by atoms with E-state index < -0.39 is 0 Å². The van der Waals surface area contributed by atoms with E-state index in [4.69, 9.17) is 4.74 Å². The van der Waals surface area contributed by atoms with Crippen LogP contribution >= 0.6 is 0 Å². The summed E-state index contributed by atoms with van der Waals surface area (Å²) in [6, 6.07) is 9.37. The van der Waals surface area contributed by atoms with E-state index in [1.165, 1.54) is 0 Å². The molecule has 0 bridgehead atoms. The predicted octanol–water partition coefficient (Wildman–Crippen LogP) is 2.29. The SMILES string of the molecule is COc1ccc(C[C@H]2NC(=O)n3c2nc2cnccc23)cc1. The van der Waals surface area contributed by atoms with Crippen molar-refractivity contribution in [3.05, 3.63) is 54.1 Å². The van der Waals surface area contributed by atoms with Gasteiger partial charge in [-0.05, 0) is 30.2 Å². The molecule has 0 saturated heterocycles. The lowest BCUT2D eigenvalue weighted by atomic mass is 10.1. The summed E-state index contributed by atoms with van der Waals surface area (Å²) in [5.74, 6) is 1.56. The highest BCUT2D eigenvalue weighted by atomic mass is 16.5. The van der Waals surface area contributed by atoms with Crippen LogP contribution in [0.1, 0.15) is 17.4 Å². The van der Waals surface area contributed by atoms with Crippen molar-refractivity contribution in [3.63, 3.8) is 0 Å². The number of pyridine rings is 1. The molecule has 6 nitrogen and oxygen atoms in total. The van der Waals surface area contributed by atoms with Gasteiger partial charge >= 0.3 is 6.03 Å². The highest BCUT2D eigenvalue weighted by Gasteiger charge is 2.32. The highest BCUT2D eigenvalue weighted by Crippen LogP contribution is 2.28. The molecule has 0 aliphatic carbocycles. The standard InChI is InChI=1S/C16H14N4O2/c1-22-11-4-2-10(3-5-11)8-12-15-18-13-9-17-7-6-14(13)20(15)16(21)19-12/h2-7,9,12H,8H2,1H3,(H,19,21)/t12-/m1/s1. The lowest BCUT2D eigenvalue weighted by molar-refractivity contribution is 0.245. The Morgan fingerprint density at radius 3 is 2.86 bits per heavy atom. The van der Waals surface area contributed by atoms with Crippen LogP contribution < -0.4 is 10.1 Å². The van der Waals surface area contributed by atoms with Gasteiger partial charge in [-0.2, -0.15) is 0 Å². The molecule has 3 aromatic rings. The fourth-order valence-corrected chi connectivity index (χ4v) is 2.82. The average molecular weight is 294 g/mol. The van der Waals surface area contributed by atoms with E-state index in [0.717, 1.165) is 28.2 Å². The minimum absolute atomic E-state index is 0.131. The molecule has 1 atom stereocenters. The Kier molecular flexibility index (Phi) is 2.82. The quantitative estimate of drug-likeness (QED) is 0.804. The summed E-state index contributed by atoms with van der Waals surface area (Å²) in [4.78, 5) is 20.8. The van der Waals surface area contributed by atoms with Crippen LogP contribution in [0.2, 0.25) is 0 Å². The minimum atomic E-state index is -0.137. The number of fused-ring (bicyclic) bond motifs is 3. The highest BCUT2D eigenvalue weighted by molar-refractivity contribution is 5.92. The van der Waals surface area contributed by atoms with Crippen molar-refractivity contribution < 1.29 is 9.53 Å². The Labute approximate surface area is 126 Å². The van der Waals surface area contributed by atoms with Crippen molar-refractivity contribution >= 4 is 17.1 Å².